The average Bonchev–Trinajstić information content (AvgIpc) is 3.43. The number of carbonyl (C=O) groups excluding carboxylic acids is 2. The molecule has 176 valence electrons. The van der Waals surface area contributed by atoms with Crippen LogP contribution in [0.2, 0.25) is 0 Å². The van der Waals surface area contributed by atoms with Gasteiger partial charge in [-0.05, 0) is 41.8 Å². The van der Waals surface area contributed by atoms with Gasteiger partial charge < -0.3 is 19.2 Å². The Morgan fingerprint density at radius 3 is 2.43 bits per heavy atom. The Bertz CT molecular complexity index is 1370. The van der Waals surface area contributed by atoms with E-state index >= 15 is 0 Å². The van der Waals surface area contributed by atoms with E-state index in [1.54, 1.807) is 12.1 Å². The summed E-state index contributed by atoms with van der Waals surface area (Å²) in [5, 5.41) is 11.7. The molecule has 5 rings (SSSR count). The number of furan rings is 1. The first kappa shape index (κ1) is 22.5. The zero-order valence-electron chi connectivity index (χ0n) is 19.3. The van der Waals surface area contributed by atoms with E-state index in [9.17, 15) is 14.7 Å². The molecule has 0 bridgehead atoms. The fourth-order valence-corrected chi connectivity index (χ4v) is 4.37. The van der Waals surface area contributed by atoms with Gasteiger partial charge in [0.05, 0.1) is 18.2 Å². The Kier molecular flexibility index (Phi) is 6.10. The first-order valence-electron chi connectivity index (χ1n) is 11.6. The molecule has 1 aliphatic heterocycles. The first-order valence-corrected chi connectivity index (χ1v) is 11.6. The third-order valence-corrected chi connectivity index (χ3v) is 6.06. The van der Waals surface area contributed by atoms with Crippen LogP contribution in [-0.2, 0) is 11.3 Å². The standard InChI is InChI=1S/C29H25NO5/c1-2-16-34-22-14-12-20(13-15-22)26-25(27(31)24-17-21-10-6-7-11-23(21)35-24)28(32)29(33)30(26)18-19-8-4-3-5-9-19/h3-15,17,26,32H,2,16,18H2,1H3. The second-order valence-corrected chi connectivity index (χ2v) is 8.48. The van der Waals surface area contributed by atoms with E-state index in [-0.39, 0.29) is 17.9 Å². The minimum Gasteiger partial charge on any atom is -0.503 e. The van der Waals surface area contributed by atoms with Crippen molar-refractivity contribution in [3.63, 3.8) is 0 Å². The van der Waals surface area contributed by atoms with Gasteiger partial charge in [0.2, 0.25) is 5.78 Å². The van der Waals surface area contributed by atoms with Gasteiger partial charge in [0, 0.05) is 11.9 Å². The first-order chi connectivity index (χ1) is 17.1. The Balaban J connectivity index is 1.56. The Morgan fingerprint density at radius 1 is 1.00 bits per heavy atom. The number of nitrogens with zero attached hydrogens (tertiary/aromatic N) is 1. The van der Waals surface area contributed by atoms with Crippen molar-refractivity contribution < 1.29 is 23.8 Å². The molecule has 6 nitrogen and oxygen atoms in total. The maximum Gasteiger partial charge on any atom is 0.290 e. The van der Waals surface area contributed by atoms with Crippen LogP contribution in [0.3, 0.4) is 0 Å². The molecule has 1 aromatic heterocycles. The van der Waals surface area contributed by atoms with Gasteiger partial charge in [-0.1, -0.05) is 67.6 Å². The molecule has 35 heavy (non-hydrogen) atoms. The topological polar surface area (TPSA) is 80.0 Å². The summed E-state index contributed by atoms with van der Waals surface area (Å²) < 4.78 is 11.5. The molecule has 0 spiro atoms. The van der Waals surface area contributed by atoms with Crippen molar-refractivity contribution in [3.8, 4) is 5.75 Å². The predicted molar refractivity (Wildman–Crippen MR) is 132 cm³/mol. The van der Waals surface area contributed by atoms with Gasteiger partial charge in [-0.25, -0.2) is 0 Å². The number of fused-ring (bicyclic) bond motifs is 1. The van der Waals surface area contributed by atoms with Crippen LogP contribution in [0.1, 0.15) is 41.1 Å². The summed E-state index contributed by atoms with van der Waals surface area (Å²) >= 11 is 0. The van der Waals surface area contributed by atoms with Gasteiger partial charge in [0.1, 0.15) is 11.3 Å². The Labute approximate surface area is 203 Å². The number of aliphatic hydroxyl groups excluding tert-OH is 1. The maximum atomic E-state index is 13.6. The number of rotatable bonds is 8. The highest BCUT2D eigenvalue weighted by molar-refractivity contribution is 6.16. The summed E-state index contributed by atoms with van der Waals surface area (Å²) in [5.41, 5.74) is 2.16. The van der Waals surface area contributed by atoms with Gasteiger partial charge in [0.15, 0.2) is 11.5 Å². The Hall–Kier alpha value is -4.32. The lowest BCUT2D eigenvalue weighted by molar-refractivity contribution is -0.130. The summed E-state index contributed by atoms with van der Waals surface area (Å²) in [6, 6.07) is 24.9. The highest BCUT2D eigenvalue weighted by atomic mass is 16.5. The molecule has 3 aromatic carbocycles. The molecule has 6 heteroatoms. The number of carbonyl (C=O) groups is 2. The number of hydrogen-bond acceptors (Lipinski definition) is 5. The summed E-state index contributed by atoms with van der Waals surface area (Å²) in [5.74, 6) is -0.880. The fourth-order valence-electron chi connectivity index (χ4n) is 4.37. The molecule has 0 saturated heterocycles. The van der Waals surface area contributed by atoms with Crippen molar-refractivity contribution in [2.24, 2.45) is 0 Å². The van der Waals surface area contributed by atoms with Crippen LogP contribution in [0.5, 0.6) is 5.75 Å². The summed E-state index contributed by atoms with van der Waals surface area (Å²) in [4.78, 5) is 28.4. The fraction of sp³-hybridized carbons (Fsp3) is 0.172. The van der Waals surface area contributed by atoms with Crippen molar-refractivity contribution in [1.29, 1.82) is 0 Å². The van der Waals surface area contributed by atoms with E-state index in [0.29, 0.717) is 23.5 Å². The molecule has 0 fully saturated rings. The molecule has 1 N–H and O–H groups in total. The largest absolute Gasteiger partial charge is 0.503 e. The number of ether oxygens (including phenoxy) is 1. The number of ketones is 1. The summed E-state index contributed by atoms with van der Waals surface area (Å²) in [6.07, 6.45) is 0.885. The predicted octanol–water partition coefficient (Wildman–Crippen LogP) is 6.00. The number of benzene rings is 3. The van der Waals surface area contributed by atoms with Crippen molar-refractivity contribution in [2.45, 2.75) is 25.9 Å². The normalized spacial score (nSPS) is 15.7. The molecule has 4 aromatic rings. The molecule has 1 aliphatic rings. The number of para-hydroxylation sites is 1. The van der Waals surface area contributed by atoms with Gasteiger partial charge in [0.25, 0.3) is 5.91 Å². The van der Waals surface area contributed by atoms with Gasteiger partial charge in [-0.15, -0.1) is 0 Å². The molecule has 1 atom stereocenters. The SMILES string of the molecule is CCCOc1ccc(C2C(C(=O)c3cc4ccccc4o3)=C(O)C(=O)N2Cc2ccccc2)cc1. The van der Waals surface area contributed by atoms with E-state index in [0.717, 1.165) is 17.4 Å². The lowest BCUT2D eigenvalue weighted by Gasteiger charge is -2.27. The van der Waals surface area contributed by atoms with E-state index in [1.807, 2.05) is 79.7 Å². The second-order valence-electron chi connectivity index (χ2n) is 8.48. The van der Waals surface area contributed by atoms with Crippen molar-refractivity contribution in [3.05, 3.63) is 113 Å². The van der Waals surface area contributed by atoms with Crippen molar-refractivity contribution in [2.75, 3.05) is 6.61 Å². The minimum atomic E-state index is -0.774. The van der Waals surface area contributed by atoms with Crippen LogP contribution in [-0.4, -0.2) is 28.3 Å². The van der Waals surface area contributed by atoms with Crippen LogP contribution < -0.4 is 4.74 Å². The average molecular weight is 468 g/mol. The quantitative estimate of drug-likeness (QED) is 0.322. The molecular formula is C29H25NO5. The van der Waals surface area contributed by atoms with E-state index < -0.39 is 23.5 Å². The number of Topliss-reactive ketones (excluding diaryl/α,β-unsaturated/α-hetero) is 1. The molecule has 0 aliphatic carbocycles. The Morgan fingerprint density at radius 2 is 1.71 bits per heavy atom. The lowest BCUT2D eigenvalue weighted by atomic mass is 9.94. The van der Waals surface area contributed by atoms with Gasteiger partial charge in [-0.3, -0.25) is 9.59 Å². The molecular weight excluding hydrogens is 442 g/mol. The second kappa shape index (κ2) is 9.50. The third-order valence-electron chi connectivity index (χ3n) is 6.06. The van der Waals surface area contributed by atoms with E-state index in [1.165, 1.54) is 4.90 Å². The smallest absolute Gasteiger partial charge is 0.290 e. The maximum absolute atomic E-state index is 13.6. The monoisotopic (exact) mass is 467 g/mol. The number of aliphatic hydroxyl groups is 1. The zero-order chi connectivity index (χ0) is 24.4. The van der Waals surface area contributed by atoms with Crippen LogP contribution in [0.4, 0.5) is 0 Å². The molecule has 1 unspecified atom stereocenters. The van der Waals surface area contributed by atoms with E-state index in [2.05, 4.69) is 0 Å². The van der Waals surface area contributed by atoms with Crippen LogP contribution in [0.15, 0.2) is 101 Å². The molecule has 0 radical (unpaired) electrons. The number of hydrogen-bond donors (Lipinski definition) is 1. The summed E-state index contributed by atoms with van der Waals surface area (Å²) in [6.45, 7) is 2.86. The lowest BCUT2D eigenvalue weighted by Crippen LogP contribution is -2.30. The van der Waals surface area contributed by atoms with Gasteiger partial charge in [-0.2, -0.15) is 0 Å². The minimum absolute atomic E-state index is 0.00668. The molecule has 0 saturated carbocycles. The van der Waals surface area contributed by atoms with Crippen molar-refractivity contribution in [1.82, 2.24) is 4.90 Å². The van der Waals surface area contributed by atoms with E-state index in [4.69, 9.17) is 9.15 Å². The van der Waals surface area contributed by atoms with Crippen molar-refractivity contribution >= 4 is 22.7 Å². The van der Waals surface area contributed by atoms with Crippen LogP contribution in [0.25, 0.3) is 11.0 Å². The zero-order valence-corrected chi connectivity index (χ0v) is 19.3. The molecule has 1 amide bonds. The molecule has 2 heterocycles. The highest BCUT2D eigenvalue weighted by Gasteiger charge is 2.44. The van der Waals surface area contributed by atoms with Gasteiger partial charge >= 0.3 is 0 Å². The van der Waals surface area contributed by atoms with Crippen LogP contribution >= 0.6 is 0 Å². The van der Waals surface area contributed by atoms with Crippen LogP contribution in [0, 0.1) is 0 Å². The summed E-state index contributed by atoms with van der Waals surface area (Å²) in [7, 11) is 0. The third kappa shape index (κ3) is 4.30. The number of amides is 1. The highest BCUT2D eigenvalue weighted by Crippen LogP contribution is 2.41.